The first-order chi connectivity index (χ1) is 7.62. The largest absolute Gasteiger partial charge is 0.443 e. The number of carbonyl (C=O) groups excluding carboxylic acids is 1. The number of nitrogens with one attached hydrogen (secondary N) is 1. The van der Waals surface area contributed by atoms with Crippen molar-refractivity contribution >= 4 is 16.1 Å². The van der Waals surface area contributed by atoms with Gasteiger partial charge in [-0.05, 0) is 40.0 Å². The Labute approximate surface area is 103 Å². The number of carbonyl (C=O) groups is 1. The average Bonchev–Trinajstić information content (AvgIpc) is 2.80. The zero-order valence-corrected chi connectivity index (χ0v) is 11.7. The van der Waals surface area contributed by atoms with E-state index in [0.29, 0.717) is 19.3 Å². The molecule has 0 atom stereocenters. The van der Waals surface area contributed by atoms with Crippen LogP contribution in [0.1, 0.15) is 53.4 Å². The fourth-order valence-corrected chi connectivity index (χ4v) is 3.35. The molecule has 1 saturated carbocycles. The summed E-state index contributed by atoms with van der Waals surface area (Å²) in [6.45, 7) is 7.01. The Morgan fingerprint density at radius 1 is 1.35 bits per heavy atom. The van der Waals surface area contributed by atoms with Crippen LogP contribution in [0.15, 0.2) is 0 Å². The number of ether oxygens (including phenoxy) is 1. The van der Waals surface area contributed by atoms with Gasteiger partial charge in [-0.3, -0.25) is 0 Å². The molecule has 1 aliphatic rings. The third-order valence-electron chi connectivity index (χ3n) is 2.70. The maximum atomic E-state index is 12.0. The average molecular weight is 263 g/mol. The monoisotopic (exact) mass is 263 g/mol. The number of hydrogen-bond acceptors (Lipinski definition) is 4. The minimum absolute atomic E-state index is 0.588. The quantitative estimate of drug-likeness (QED) is 0.843. The molecule has 0 radical (unpaired) electrons. The van der Waals surface area contributed by atoms with Crippen molar-refractivity contribution in [2.45, 2.75) is 63.7 Å². The lowest BCUT2D eigenvalue weighted by atomic mass is 10.2. The molecule has 6 heteroatoms. The molecule has 0 aromatic rings. The van der Waals surface area contributed by atoms with Crippen LogP contribution in [0, 0.1) is 0 Å². The van der Waals surface area contributed by atoms with E-state index in [-0.39, 0.29) is 0 Å². The lowest BCUT2D eigenvalue weighted by Crippen LogP contribution is -2.42. The highest BCUT2D eigenvalue weighted by atomic mass is 32.2. The van der Waals surface area contributed by atoms with Crippen molar-refractivity contribution in [2.24, 2.45) is 0 Å². The molecule has 0 heterocycles. The number of sulfonamides is 1. The van der Waals surface area contributed by atoms with E-state index in [2.05, 4.69) is 0 Å². The molecule has 0 bridgehead atoms. The van der Waals surface area contributed by atoms with Crippen LogP contribution in [0.3, 0.4) is 0 Å². The van der Waals surface area contributed by atoms with Crippen molar-refractivity contribution < 1.29 is 17.9 Å². The van der Waals surface area contributed by atoms with Crippen molar-refractivity contribution in [1.82, 2.24) is 4.72 Å². The molecule has 0 aliphatic heterocycles. The summed E-state index contributed by atoms with van der Waals surface area (Å²) < 4.78 is 30.2. The standard InChI is InChI=1S/C11H21NO4S/c1-5-6-11(7-8-11)17(14,15)12-9(13)16-10(2,3)4/h5-8H2,1-4H3,(H,12,13). The van der Waals surface area contributed by atoms with Crippen LogP contribution in [0.25, 0.3) is 0 Å². The Morgan fingerprint density at radius 2 is 1.88 bits per heavy atom. The van der Waals surface area contributed by atoms with E-state index >= 15 is 0 Å². The molecule has 17 heavy (non-hydrogen) atoms. The molecule has 0 spiro atoms. The molecular formula is C11H21NO4S. The van der Waals surface area contributed by atoms with Crippen LogP contribution in [0.4, 0.5) is 4.79 Å². The maximum Gasteiger partial charge on any atom is 0.421 e. The molecule has 0 aromatic carbocycles. The van der Waals surface area contributed by atoms with E-state index in [1.807, 2.05) is 11.6 Å². The fourth-order valence-electron chi connectivity index (χ4n) is 1.77. The smallest absolute Gasteiger partial charge is 0.421 e. The van der Waals surface area contributed by atoms with Crippen molar-refractivity contribution in [1.29, 1.82) is 0 Å². The van der Waals surface area contributed by atoms with Gasteiger partial charge in [-0.1, -0.05) is 13.3 Å². The van der Waals surface area contributed by atoms with Gasteiger partial charge in [0.2, 0.25) is 10.0 Å². The Bertz CT molecular complexity index is 390. The second kappa shape index (κ2) is 4.48. The van der Waals surface area contributed by atoms with Gasteiger partial charge in [-0.25, -0.2) is 17.9 Å². The van der Waals surface area contributed by atoms with Crippen LogP contribution in [0.5, 0.6) is 0 Å². The number of hydrogen-bond donors (Lipinski definition) is 1. The van der Waals surface area contributed by atoms with Gasteiger partial charge in [0, 0.05) is 0 Å². The Hall–Kier alpha value is -0.780. The molecule has 0 aromatic heterocycles. The highest BCUT2D eigenvalue weighted by molar-refractivity contribution is 7.91. The summed E-state index contributed by atoms with van der Waals surface area (Å²) >= 11 is 0. The summed E-state index contributed by atoms with van der Waals surface area (Å²) in [7, 11) is -3.61. The minimum atomic E-state index is -3.61. The third-order valence-corrected chi connectivity index (χ3v) is 4.89. The first-order valence-electron chi connectivity index (χ1n) is 5.87. The first kappa shape index (κ1) is 14.3. The zero-order valence-electron chi connectivity index (χ0n) is 10.9. The summed E-state index contributed by atoms with van der Waals surface area (Å²) in [6, 6.07) is 0. The van der Waals surface area contributed by atoms with Crippen LogP contribution < -0.4 is 4.72 Å². The molecule has 5 nitrogen and oxygen atoms in total. The molecule has 100 valence electrons. The van der Waals surface area contributed by atoms with Gasteiger partial charge >= 0.3 is 6.09 Å². The SMILES string of the molecule is CCCC1(S(=O)(=O)NC(=O)OC(C)(C)C)CC1. The highest BCUT2D eigenvalue weighted by Gasteiger charge is 2.54. The van der Waals surface area contributed by atoms with Gasteiger partial charge in [0.25, 0.3) is 0 Å². The lowest BCUT2D eigenvalue weighted by Gasteiger charge is -2.21. The summed E-state index contributed by atoms with van der Waals surface area (Å²) in [5.41, 5.74) is -0.693. The molecule has 1 amide bonds. The maximum absolute atomic E-state index is 12.0. The second-order valence-corrected chi connectivity index (χ2v) is 7.62. The van der Waals surface area contributed by atoms with Gasteiger partial charge in [-0.15, -0.1) is 0 Å². The Kier molecular flexibility index (Phi) is 3.76. The number of rotatable bonds is 4. The summed E-state index contributed by atoms with van der Waals surface area (Å²) in [6.07, 6.45) is 1.73. The zero-order chi connectivity index (χ0) is 13.3. The Morgan fingerprint density at radius 3 is 2.24 bits per heavy atom. The summed E-state index contributed by atoms with van der Waals surface area (Å²) in [4.78, 5) is 11.4. The minimum Gasteiger partial charge on any atom is -0.443 e. The van der Waals surface area contributed by atoms with Crippen molar-refractivity contribution in [3.63, 3.8) is 0 Å². The normalized spacial score (nSPS) is 18.6. The van der Waals surface area contributed by atoms with E-state index in [4.69, 9.17) is 4.74 Å². The van der Waals surface area contributed by atoms with Gasteiger partial charge in [-0.2, -0.15) is 0 Å². The van der Waals surface area contributed by atoms with Gasteiger partial charge in [0.05, 0.1) is 4.75 Å². The first-order valence-corrected chi connectivity index (χ1v) is 7.35. The van der Waals surface area contributed by atoms with Crippen molar-refractivity contribution in [2.75, 3.05) is 0 Å². The van der Waals surface area contributed by atoms with E-state index in [1.165, 1.54) is 0 Å². The van der Waals surface area contributed by atoms with Gasteiger partial charge < -0.3 is 4.74 Å². The summed E-state index contributed by atoms with van der Waals surface area (Å²) in [5.74, 6) is 0. The van der Waals surface area contributed by atoms with E-state index < -0.39 is 26.5 Å². The highest BCUT2D eigenvalue weighted by Crippen LogP contribution is 2.46. The van der Waals surface area contributed by atoms with E-state index in [9.17, 15) is 13.2 Å². The Balaban J connectivity index is 2.65. The van der Waals surface area contributed by atoms with Crippen LogP contribution in [-0.2, 0) is 14.8 Å². The van der Waals surface area contributed by atoms with Crippen molar-refractivity contribution in [3.05, 3.63) is 0 Å². The van der Waals surface area contributed by atoms with E-state index in [0.717, 1.165) is 6.42 Å². The van der Waals surface area contributed by atoms with Crippen LogP contribution in [-0.4, -0.2) is 24.9 Å². The molecule has 1 aliphatic carbocycles. The van der Waals surface area contributed by atoms with Crippen LogP contribution in [0.2, 0.25) is 0 Å². The fraction of sp³-hybridized carbons (Fsp3) is 0.909. The van der Waals surface area contributed by atoms with E-state index in [1.54, 1.807) is 20.8 Å². The van der Waals surface area contributed by atoms with Crippen LogP contribution >= 0.6 is 0 Å². The summed E-state index contributed by atoms with van der Waals surface area (Å²) in [5, 5.41) is 0. The molecule has 1 fully saturated rings. The van der Waals surface area contributed by atoms with Gasteiger partial charge in [0.1, 0.15) is 5.60 Å². The van der Waals surface area contributed by atoms with Crippen molar-refractivity contribution in [3.8, 4) is 0 Å². The topological polar surface area (TPSA) is 72.5 Å². The molecule has 0 unspecified atom stereocenters. The molecule has 1 N–H and O–H groups in total. The molecule has 0 saturated heterocycles. The lowest BCUT2D eigenvalue weighted by molar-refractivity contribution is 0.0569. The second-order valence-electron chi connectivity index (χ2n) is 5.54. The predicted molar refractivity (Wildman–Crippen MR) is 65.2 cm³/mol. The predicted octanol–water partition coefficient (Wildman–Crippen LogP) is 2.17. The van der Waals surface area contributed by atoms with Gasteiger partial charge in [0.15, 0.2) is 0 Å². The number of amides is 1. The third kappa shape index (κ3) is 3.59. The molecule has 1 rings (SSSR count). The molecular weight excluding hydrogens is 242 g/mol.